The van der Waals surface area contributed by atoms with Gasteiger partial charge in [-0.1, -0.05) is 0 Å². The van der Waals surface area contributed by atoms with E-state index in [0.717, 1.165) is 38.4 Å². The highest BCUT2D eigenvalue weighted by molar-refractivity contribution is 8.00. The van der Waals surface area contributed by atoms with Gasteiger partial charge in [0.05, 0.1) is 5.56 Å². The molecule has 0 bridgehead atoms. The molecular formula is C20H30F3N5S. The molecule has 2 aliphatic rings. The van der Waals surface area contributed by atoms with Crippen LogP contribution in [0.3, 0.4) is 0 Å². The maximum Gasteiger partial charge on any atom is 0.416 e. The highest BCUT2D eigenvalue weighted by Gasteiger charge is 2.31. The summed E-state index contributed by atoms with van der Waals surface area (Å²) in [5.74, 6) is 1.82. The number of thioether (sulfide) groups is 1. The maximum atomic E-state index is 13.3. The van der Waals surface area contributed by atoms with Crippen molar-refractivity contribution in [2.75, 3.05) is 57.5 Å². The van der Waals surface area contributed by atoms with Crippen LogP contribution < -0.4 is 15.5 Å². The molecule has 2 N–H and O–H groups in total. The number of rotatable bonds is 5. The van der Waals surface area contributed by atoms with Crippen LogP contribution in [0.1, 0.15) is 24.0 Å². The van der Waals surface area contributed by atoms with Gasteiger partial charge < -0.3 is 20.4 Å². The lowest BCUT2D eigenvalue weighted by Crippen LogP contribution is -2.45. The second kappa shape index (κ2) is 9.93. The lowest BCUT2D eigenvalue weighted by molar-refractivity contribution is -0.137. The summed E-state index contributed by atoms with van der Waals surface area (Å²) in [5.41, 5.74) is 0.889. The molecule has 2 heterocycles. The summed E-state index contributed by atoms with van der Waals surface area (Å²) in [4.78, 5) is 8.63. The van der Waals surface area contributed by atoms with Crippen molar-refractivity contribution < 1.29 is 13.2 Å². The summed E-state index contributed by atoms with van der Waals surface area (Å²) in [6, 6.07) is 4.05. The molecule has 0 radical (unpaired) electrons. The fourth-order valence-corrected chi connectivity index (χ4v) is 4.88. The van der Waals surface area contributed by atoms with Gasteiger partial charge in [0.15, 0.2) is 5.96 Å². The summed E-state index contributed by atoms with van der Waals surface area (Å²) >= 11 is 1.95. The Labute approximate surface area is 175 Å². The lowest BCUT2D eigenvalue weighted by atomic mass is 10.1. The number of hydrogen-bond donors (Lipinski definition) is 2. The number of alkyl halides is 3. The van der Waals surface area contributed by atoms with Gasteiger partial charge in [-0.05, 0) is 49.4 Å². The Hall–Kier alpha value is -1.61. The first kappa shape index (κ1) is 22.1. The Morgan fingerprint density at radius 3 is 2.59 bits per heavy atom. The average molecular weight is 430 g/mol. The highest BCUT2D eigenvalue weighted by Crippen LogP contribution is 2.33. The van der Waals surface area contributed by atoms with E-state index in [1.54, 1.807) is 13.1 Å². The summed E-state index contributed by atoms with van der Waals surface area (Å²) in [6.45, 7) is 4.52. The molecule has 0 spiro atoms. The second-order valence-corrected chi connectivity index (χ2v) is 8.98. The predicted octanol–water partition coefficient (Wildman–Crippen LogP) is 3.02. The zero-order chi connectivity index (χ0) is 20.9. The van der Waals surface area contributed by atoms with E-state index in [2.05, 4.69) is 32.5 Å². The first-order valence-electron chi connectivity index (χ1n) is 10.1. The quantitative estimate of drug-likeness (QED) is 0.557. The number of aliphatic imine (C=N–C) groups is 1. The van der Waals surface area contributed by atoms with Crippen LogP contribution in [0.25, 0.3) is 0 Å². The van der Waals surface area contributed by atoms with Gasteiger partial charge in [0.25, 0.3) is 0 Å². The van der Waals surface area contributed by atoms with E-state index in [1.165, 1.54) is 30.7 Å². The van der Waals surface area contributed by atoms with Crippen LogP contribution in [-0.4, -0.2) is 68.7 Å². The van der Waals surface area contributed by atoms with Crippen LogP contribution in [0, 0.1) is 0 Å². The fraction of sp³-hybridized carbons (Fsp3) is 0.650. The van der Waals surface area contributed by atoms with Gasteiger partial charge in [-0.15, -0.1) is 0 Å². The standard InChI is InChI=1S/C20H30F3N5S/c1-24-19(26-14-17-4-3-11-29-17)25-13-15-12-16(20(21,22)23)5-6-18(15)28-9-7-27(2)8-10-28/h5-6,12,17H,3-4,7-11,13-14H2,1-2H3,(H2,24,25,26). The van der Waals surface area contributed by atoms with Crippen molar-refractivity contribution in [3.05, 3.63) is 29.3 Å². The third kappa shape index (κ3) is 6.18. The highest BCUT2D eigenvalue weighted by atomic mass is 32.2. The van der Waals surface area contributed by atoms with E-state index in [0.29, 0.717) is 23.3 Å². The number of halogens is 3. The molecule has 0 saturated carbocycles. The number of nitrogens with one attached hydrogen (secondary N) is 2. The molecule has 1 atom stereocenters. The molecule has 1 unspecified atom stereocenters. The minimum absolute atomic E-state index is 0.295. The van der Waals surface area contributed by atoms with Crippen LogP contribution in [0.2, 0.25) is 0 Å². The molecule has 29 heavy (non-hydrogen) atoms. The molecule has 2 fully saturated rings. The lowest BCUT2D eigenvalue weighted by Gasteiger charge is -2.35. The average Bonchev–Trinajstić information content (AvgIpc) is 3.21. The van der Waals surface area contributed by atoms with Crippen molar-refractivity contribution >= 4 is 23.4 Å². The summed E-state index contributed by atoms with van der Waals surface area (Å²) in [5, 5.41) is 7.08. The smallest absolute Gasteiger partial charge is 0.369 e. The summed E-state index contributed by atoms with van der Waals surface area (Å²) in [6.07, 6.45) is -1.92. The first-order chi connectivity index (χ1) is 13.9. The molecule has 162 valence electrons. The molecule has 0 aromatic heterocycles. The normalized spacial score (nSPS) is 21.5. The number of hydrogen-bond acceptors (Lipinski definition) is 4. The molecular weight excluding hydrogens is 399 g/mol. The number of guanidine groups is 1. The molecule has 1 aromatic rings. The maximum absolute atomic E-state index is 13.3. The fourth-order valence-electron chi connectivity index (χ4n) is 3.67. The molecule has 2 saturated heterocycles. The van der Waals surface area contributed by atoms with Crippen molar-refractivity contribution in [1.29, 1.82) is 0 Å². The van der Waals surface area contributed by atoms with E-state index < -0.39 is 11.7 Å². The Balaban J connectivity index is 1.70. The van der Waals surface area contributed by atoms with Gasteiger partial charge in [-0.3, -0.25) is 4.99 Å². The number of likely N-dealkylation sites (N-methyl/N-ethyl adjacent to an activating group) is 1. The molecule has 0 amide bonds. The number of nitrogens with zero attached hydrogens (tertiary/aromatic N) is 3. The van der Waals surface area contributed by atoms with E-state index in [-0.39, 0.29) is 0 Å². The summed E-state index contributed by atoms with van der Waals surface area (Å²) in [7, 11) is 3.75. The van der Waals surface area contributed by atoms with E-state index >= 15 is 0 Å². The topological polar surface area (TPSA) is 42.9 Å². The minimum atomic E-state index is -4.35. The molecule has 0 aliphatic carbocycles. The van der Waals surface area contributed by atoms with Gasteiger partial charge in [0.2, 0.25) is 0 Å². The van der Waals surface area contributed by atoms with Crippen LogP contribution in [-0.2, 0) is 12.7 Å². The Bertz CT molecular complexity index is 696. The minimum Gasteiger partial charge on any atom is -0.369 e. The second-order valence-electron chi connectivity index (χ2n) is 7.57. The number of piperazine rings is 1. The van der Waals surface area contributed by atoms with Crippen molar-refractivity contribution in [3.63, 3.8) is 0 Å². The van der Waals surface area contributed by atoms with Gasteiger partial charge >= 0.3 is 6.18 Å². The molecule has 2 aliphatic heterocycles. The van der Waals surface area contributed by atoms with Gasteiger partial charge in [0, 0.05) is 57.3 Å². The zero-order valence-corrected chi connectivity index (χ0v) is 17.9. The molecule has 9 heteroatoms. The first-order valence-corrected chi connectivity index (χ1v) is 11.1. The van der Waals surface area contributed by atoms with Gasteiger partial charge in [-0.25, -0.2) is 0 Å². The Morgan fingerprint density at radius 2 is 1.97 bits per heavy atom. The van der Waals surface area contributed by atoms with E-state index in [1.807, 2.05) is 11.8 Å². The number of anilines is 1. The number of benzene rings is 1. The van der Waals surface area contributed by atoms with Crippen molar-refractivity contribution in [2.24, 2.45) is 4.99 Å². The van der Waals surface area contributed by atoms with E-state index in [4.69, 9.17) is 0 Å². The van der Waals surface area contributed by atoms with Crippen molar-refractivity contribution in [1.82, 2.24) is 15.5 Å². The predicted molar refractivity (Wildman–Crippen MR) is 115 cm³/mol. The Morgan fingerprint density at radius 1 is 1.21 bits per heavy atom. The molecule has 3 rings (SSSR count). The van der Waals surface area contributed by atoms with Crippen LogP contribution in [0.5, 0.6) is 0 Å². The van der Waals surface area contributed by atoms with Crippen molar-refractivity contribution in [3.8, 4) is 0 Å². The van der Waals surface area contributed by atoms with E-state index in [9.17, 15) is 13.2 Å². The van der Waals surface area contributed by atoms with Gasteiger partial charge in [0.1, 0.15) is 0 Å². The van der Waals surface area contributed by atoms with Crippen LogP contribution >= 0.6 is 11.8 Å². The third-order valence-electron chi connectivity index (χ3n) is 5.44. The van der Waals surface area contributed by atoms with Crippen LogP contribution in [0.4, 0.5) is 18.9 Å². The SMILES string of the molecule is CN=C(NCc1cc(C(F)(F)F)ccc1N1CCN(C)CC1)NCC1CCCS1. The van der Waals surface area contributed by atoms with Crippen LogP contribution in [0.15, 0.2) is 23.2 Å². The van der Waals surface area contributed by atoms with Crippen molar-refractivity contribution in [2.45, 2.75) is 30.8 Å². The van der Waals surface area contributed by atoms with Gasteiger partial charge in [-0.2, -0.15) is 24.9 Å². The molecule has 1 aromatic carbocycles. The Kier molecular flexibility index (Phi) is 7.56. The third-order valence-corrected chi connectivity index (χ3v) is 6.84. The molecule has 5 nitrogen and oxygen atoms in total. The monoisotopic (exact) mass is 429 g/mol. The zero-order valence-electron chi connectivity index (χ0n) is 17.1. The largest absolute Gasteiger partial charge is 0.416 e. The summed E-state index contributed by atoms with van der Waals surface area (Å²) < 4.78 is 39.8.